The van der Waals surface area contributed by atoms with Crippen LogP contribution in [0.4, 0.5) is 5.13 Å². The van der Waals surface area contributed by atoms with E-state index in [0.717, 1.165) is 35.1 Å². The largest absolute Gasteiger partial charge is 0.360 e. The van der Waals surface area contributed by atoms with Gasteiger partial charge in [-0.1, -0.05) is 55.0 Å². The van der Waals surface area contributed by atoms with Crippen LogP contribution in [-0.4, -0.2) is 25.2 Å². The number of aromatic nitrogens is 2. The van der Waals surface area contributed by atoms with Crippen LogP contribution in [0.2, 0.25) is 0 Å². The molecule has 3 aromatic rings. The van der Waals surface area contributed by atoms with Crippen molar-refractivity contribution in [1.29, 1.82) is 0 Å². The number of rotatable bonds is 7. The molecule has 0 aliphatic rings. The van der Waals surface area contributed by atoms with E-state index in [1.807, 2.05) is 0 Å². The summed E-state index contributed by atoms with van der Waals surface area (Å²) in [4.78, 5) is 0.564. The summed E-state index contributed by atoms with van der Waals surface area (Å²) in [5.74, 6) is 0. The van der Waals surface area contributed by atoms with Crippen molar-refractivity contribution in [3.05, 3.63) is 54.6 Å². The molecule has 0 aliphatic carbocycles. The van der Waals surface area contributed by atoms with Gasteiger partial charge in [-0.3, -0.25) is 0 Å². The molecule has 0 radical (unpaired) electrons. The molecule has 3 rings (SSSR count). The summed E-state index contributed by atoms with van der Waals surface area (Å²) in [6, 6.07) is 15.2. The van der Waals surface area contributed by atoms with E-state index in [9.17, 15) is 8.42 Å². The third kappa shape index (κ3) is 4.05. The first-order valence-corrected chi connectivity index (χ1v) is 10.4. The molecular formula is C18H19N3O2S2. The highest BCUT2D eigenvalue weighted by Crippen LogP contribution is 2.28. The van der Waals surface area contributed by atoms with Crippen LogP contribution >= 0.6 is 11.3 Å². The van der Waals surface area contributed by atoms with Crippen LogP contribution in [0.25, 0.3) is 10.6 Å². The van der Waals surface area contributed by atoms with Crippen LogP contribution in [0.5, 0.6) is 0 Å². The van der Waals surface area contributed by atoms with Crippen LogP contribution in [-0.2, 0) is 9.84 Å². The summed E-state index contributed by atoms with van der Waals surface area (Å²) in [7, 11) is -3.49. The van der Waals surface area contributed by atoms with E-state index < -0.39 is 9.84 Å². The maximum atomic E-state index is 12.6. The molecule has 0 bridgehead atoms. The van der Waals surface area contributed by atoms with Crippen molar-refractivity contribution in [3.63, 3.8) is 0 Å². The Hall–Kier alpha value is -2.25. The number of benzene rings is 2. The fourth-order valence-electron chi connectivity index (χ4n) is 2.30. The van der Waals surface area contributed by atoms with Gasteiger partial charge in [0.05, 0.1) is 9.79 Å². The maximum Gasteiger partial charge on any atom is 0.206 e. The molecule has 1 N–H and O–H groups in total. The third-order valence-electron chi connectivity index (χ3n) is 3.70. The van der Waals surface area contributed by atoms with E-state index in [0.29, 0.717) is 4.90 Å². The summed E-state index contributed by atoms with van der Waals surface area (Å²) in [5, 5.41) is 13.1. The van der Waals surface area contributed by atoms with E-state index >= 15 is 0 Å². The number of unbranched alkanes of at least 4 members (excludes halogenated alkanes) is 1. The monoisotopic (exact) mass is 373 g/mol. The van der Waals surface area contributed by atoms with E-state index in [1.165, 1.54) is 11.3 Å². The van der Waals surface area contributed by atoms with Gasteiger partial charge in [0.2, 0.25) is 15.0 Å². The second-order valence-corrected chi connectivity index (χ2v) is 8.46. The molecule has 0 unspecified atom stereocenters. The molecule has 7 heteroatoms. The molecule has 1 heterocycles. The average molecular weight is 374 g/mol. The van der Waals surface area contributed by atoms with Crippen molar-refractivity contribution in [2.45, 2.75) is 29.6 Å². The van der Waals surface area contributed by atoms with Gasteiger partial charge in [0.1, 0.15) is 5.01 Å². The SMILES string of the molecule is CCCCNc1nnc(-c2ccc(S(=O)(=O)c3ccccc3)cc2)s1. The van der Waals surface area contributed by atoms with Gasteiger partial charge in [0, 0.05) is 12.1 Å². The normalized spacial score (nSPS) is 11.4. The summed E-state index contributed by atoms with van der Waals surface area (Å²) in [5.41, 5.74) is 0.855. The minimum absolute atomic E-state index is 0.272. The molecule has 0 amide bonds. The fourth-order valence-corrected chi connectivity index (χ4v) is 4.35. The molecular weight excluding hydrogens is 354 g/mol. The quantitative estimate of drug-likeness (QED) is 0.627. The second-order valence-electron chi connectivity index (χ2n) is 5.53. The minimum Gasteiger partial charge on any atom is -0.360 e. The number of nitrogens with zero attached hydrogens (tertiary/aromatic N) is 2. The number of hydrogen-bond acceptors (Lipinski definition) is 6. The van der Waals surface area contributed by atoms with Gasteiger partial charge in [-0.05, 0) is 30.7 Å². The Labute approximate surface area is 151 Å². The third-order valence-corrected chi connectivity index (χ3v) is 6.41. The molecule has 130 valence electrons. The van der Waals surface area contributed by atoms with Gasteiger partial charge < -0.3 is 5.32 Å². The van der Waals surface area contributed by atoms with Crippen molar-refractivity contribution in [2.75, 3.05) is 11.9 Å². The van der Waals surface area contributed by atoms with Crippen LogP contribution < -0.4 is 5.32 Å². The standard InChI is InChI=1S/C18H19N3O2S2/c1-2-3-13-19-18-21-20-17(24-18)14-9-11-16(12-10-14)25(22,23)15-7-5-4-6-8-15/h4-12H,2-3,13H2,1H3,(H,19,21). The van der Waals surface area contributed by atoms with Gasteiger partial charge in [0.25, 0.3) is 0 Å². The lowest BCUT2D eigenvalue weighted by Crippen LogP contribution is -2.01. The molecule has 5 nitrogen and oxygen atoms in total. The topological polar surface area (TPSA) is 72.0 Å². The number of nitrogens with one attached hydrogen (secondary N) is 1. The molecule has 0 atom stereocenters. The first kappa shape index (κ1) is 17.6. The Morgan fingerprint density at radius 1 is 0.960 bits per heavy atom. The van der Waals surface area contributed by atoms with Crippen molar-refractivity contribution in [1.82, 2.24) is 10.2 Å². The Morgan fingerprint density at radius 3 is 2.32 bits per heavy atom. The molecule has 0 fully saturated rings. The fraction of sp³-hybridized carbons (Fsp3) is 0.222. The summed E-state index contributed by atoms with van der Waals surface area (Å²) < 4.78 is 25.2. The predicted molar refractivity (Wildman–Crippen MR) is 101 cm³/mol. The lowest BCUT2D eigenvalue weighted by molar-refractivity contribution is 0.596. The molecule has 0 spiro atoms. The predicted octanol–water partition coefficient (Wildman–Crippen LogP) is 4.25. The highest BCUT2D eigenvalue weighted by atomic mass is 32.2. The van der Waals surface area contributed by atoms with E-state index in [2.05, 4.69) is 22.4 Å². The first-order chi connectivity index (χ1) is 12.1. The van der Waals surface area contributed by atoms with Crippen molar-refractivity contribution < 1.29 is 8.42 Å². The lowest BCUT2D eigenvalue weighted by atomic mass is 10.2. The Bertz CT molecular complexity index is 920. The zero-order valence-corrected chi connectivity index (χ0v) is 15.5. The Morgan fingerprint density at radius 2 is 1.64 bits per heavy atom. The Balaban J connectivity index is 1.79. The highest BCUT2D eigenvalue weighted by Gasteiger charge is 2.17. The zero-order chi connectivity index (χ0) is 17.7. The van der Waals surface area contributed by atoms with Gasteiger partial charge >= 0.3 is 0 Å². The molecule has 2 aromatic carbocycles. The van der Waals surface area contributed by atoms with Gasteiger partial charge in [-0.15, -0.1) is 10.2 Å². The minimum atomic E-state index is -3.49. The zero-order valence-electron chi connectivity index (χ0n) is 13.8. The number of anilines is 1. The van der Waals surface area contributed by atoms with Gasteiger partial charge in [-0.25, -0.2) is 8.42 Å². The number of sulfone groups is 1. The number of hydrogen-bond donors (Lipinski definition) is 1. The molecule has 0 saturated heterocycles. The van der Waals surface area contributed by atoms with E-state index in [1.54, 1.807) is 54.6 Å². The van der Waals surface area contributed by atoms with Gasteiger partial charge in [0.15, 0.2) is 0 Å². The highest BCUT2D eigenvalue weighted by molar-refractivity contribution is 7.91. The van der Waals surface area contributed by atoms with Crippen molar-refractivity contribution in [3.8, 4) is 10.6 Å². The van der Waals surface area contributed by atoms with E-state index in [4.69, 9.17) is 0 Å². The van der Waals surface area contributed by atoms with Crippen LogP contribution in [0.3, 0.4) is 0 Å². The summed E-state index contributed by atoms with van der Waals surface area (Å²) in [6.45, 7) is 3.01. The molecule has 0 aliphatic heterocycles. The molecule has 1 aromatic heterocycles. The summed E-state index contributed by atoms with van der Waals surface area (Å²) in [6.07, 6.45) is 2.21. The average Bonchev–Trinajstić information content (AvgIpc) is 3.12. The van der Waals surface area contributed by atoms with Crippen molar-refractivity contribution >= 4 is 26.3 Å². The van der Waals surface area contributed by atoms with E-state index in [-0.39, 0.29) is 4.90 Å². The Kier molecular flexibility index (Phi) is 5.45. The maximum absolute atomic E-state index is 12.6. The molecule has 0 saturated carbocycles. The van der Waals surface area contributed by atoms with Crippen LogP contribution in [0.1, 0.15) is 19.8 Å². The van der Waals surface area contributed by atoms with Crippen LogP contribution in [0, 0.1) is 0 Å². The lowest BCUT2D eigenvalue weighted by Gasteiger charge is -2.05. The smallest absolute Gasteiger partial charge is 0.206 e. The van der Waals surface area contributed by atoms with Gasteiger partial charge in [-0.2, -0.15) is 0 Å². The first-order valence-electron chi connectivity index (χ1n) is 8.09. The second kappa shape index (κ2) is 7.76. The van der Waals surface area contributed by atoms with Crippen LogP contribution in [0.15, 0.2) is 64.4 Å². The molecule has 25 heavy (non-hydrogen) atoms. The van der Waals surface area contributed by atoms with Crippen molar-refractivity contribution in [2.24, 2.45) is 0 Å². The summed E-state index contributed by atoms with van der Waals surface area (Å²) >= 11 is 1.46.